The molecule has 0 aliphatic heterocycles. The van der Waals surface area contributed by atoms with Gasteiger partial charge >= 0.3 is 0 Å². The van der Waals surface area contributed by atoms with E-state index in [9.17, 15) is 0 Å². The molecule has 1 aliphatic carbocycles. The highest BCUT2D eigenvalue weighted by Crippen LogP contribution is 2.54. The van der Waals surface area contributed by atoms with Gasteiger partial charge in [-0.1, -0.05) is 146 Å². The van der Waals surface area contributed by atoms with Crippen LogP contribution in [0.1, 0.15) is 41.7 Å². The number of rotatable bonds is 7. The van der Waals surface area contributed by atoms with Gasteiger partial charge in [-0.15, -0.1) is 0 Å². The predicted molar refractivity (Wildman–Crippen MR) is 241 cm³/mol. The van der Waals surface area contributed by atoms with Crippen molar-refractivity contribution >= 4 is 50.2 Å². The Balaban J connectivity index is 1.10. The summed E-state index contributed by atoms with van der Waals surface area (Å²) in [5, 5.41) is 3.55. The largest absolute Gasteiger partial charge is 0.400 e. The van der Waals surface area contributed by atoms with Crippen molar-refractivity contribution in [3.8, 4) is 22.5 Å². The smallest absolute Gasteiger partial charge is 0.116 e. The maximum Gasteiger partial charge on any atom is 0.116 e. The highest BCUT2D eigenvalue weighted by Gasteiger charge is 2.47. The Bertz CT molecular complexity index is 3030. The first-order valence-electron chi connectivity index (χ1n) is 19.6. The van der Waals surface area contributed by atoms with E-state index in [0.717, 1.165) is 83.8 Å². The zero-order chi connectivity index (χ0) is 38.7. The fraction of sp³-hybridized carbons (Fsp3) is 0.0566. The first-order valence-corrected chi connectivity index (χ1v) is 19.6. The molecule has 4 N–H and O–H groups in total. The normalized spacial score (nSPS) is 13.9. The van der Waals surface area contributed by atoms with E-state index >= 15 is 0 Å². The molecule has 274 valence electrons. The van der Waals surface area contributed by atoms with E-state index in [4.69, 9.17) is 11.5 Å². The predicted octanol–water partition coefficient (Wildman–Crippen LogP) is 12.6. The van der Waals surface area contributed by atoms with Crippen LogP contribution in [0.2, 0.25) is 0 Å². The van der Waals surface area contributed by atoms with Crippen LogP contribution in [0.25, 0.3) is 66.9 Å². The zero-order valence-corrected chi connectivity index (χ0v) is 32.0. The maximum absolute atomic E-state index is 7.42. The number of nitrogen functional groups attached to an aromatic ring is 1. The molecule has 10 rings (SSSR count). The van der Waals surface area contributed by atoms with E-state index in [0.29, 0.717) is 0 Å². The van der Waals surface area contributed by atoms with E-state index in [1.807, 2.05) is 13.0 Å². The van der Waals surface area contributed by atoms with Crippen LogP contribution in [-0.2, 0) is 5.41 Å². The number of allylic oxidation sites excluding steroid dienone is 5. The summed E-state index contributed by atoms with van der Waals surface area (Å²) in [5.41, 5.74) is 29.0. The lowest BCUT2D eigenvalue weighted by molar-refractivity contribution is 0.734. The molecule has 1 aliphatic rings. The molecule has 4 nitrogen and oxygen atoms in total. The van der Waals surface area contributed by atoms with Crippen LogP contribution in [0, 0.1) is 0 Å². The monoisotopic (exact) mass is 734 g/mol. The van der Waals surface area contributed by atoms with Gasteiger partial charge in [0.2, 0.25) is 0 Å². The first kappa shape index (κ1) is 34.2. The van der Waals surface area contributed by atoms with Gasteiger partial charge in [0.1, 0.15) is 5.82 Å². The van der Waals surface area contributed by atoms with Crippen molar-refractivity contribution in [3.63, 3.8) is 0 Å². The summed E-state index contributed by atoms with van der Waals surface area (Å²) in [6.07, 6.45) is 8.40. The molecular formula is C53H42N4. The molecule has 4 heteroatoms. The van der Waals surface area contributed by atoms with Crippen LogP contribution in [0.5, 0.6) is 0 Å². The number of anilines is 1. The van der Waals surface area contributed by atoms with Crippen molar-refractivity contribution in [2.45, 2.75) is 19.3 Å². The third kappa shape index (κ3) is 5.07. The number of aromatic nitrogens is 2. The van der Waals surface area contributed by atoms with Gasteiger partial charge in [0, 0.05) is 44.4 Å². The van der Waals surface area contributed by atoms with Gasteiger partial charge in [-0.3, -0.25) is 4.57 Å². The van der Waals surface area contributed by atoms with Gasteiger partial charge in [-0.25, -0.2) is 0 Å². The quantitative estimate of drug-likeness (QED) is 0.171. The molecule has 2 heterocycles. The Labute approximate surface area is 332 Å². The van der Waals surface area contributed by atoms with Gasteiger partial charge < -0.3 is 16.0 Å². The minimum Gasteiger partial charge on any atom is -0.400 e. The lowest BCUT2D eigenvalue weighted by Crippen LogP contribution is -2.33. The summed E-state index contributed by atoms with van der Waals surface area (Å²) in [5.74, 6) is 0.741. The molecule has 0 atom stereocenters. The van der Waals surface area contributed by atoms with E-state index in [2.05, 4.69) is 204 Å². The molecule has 0 saturated heterocycles. The second-order valence-corrected chi connectivity index (χ2v) is 14.8. The average Bonchev–Trinajstić information content (AvgIpc) is 3.83. The number of fused-ring (bicyclic) bond motifs is 5. The molecule has 0 amide bonds. The van der Waals surface area contributed by atoms with Crippen LogP contribution in [0.15, 0.2) is 194 Å². The van der Waals surface area contributed by atoms with Crippen LogP contribution in [0.4, 0.5) is 5.82 Å². The Hall–Kier alpha value is -7.30. The Morgan fingerprint density at radius 3 is 1.56 bits per heavy atom. The molecule has 57 heavy (non-hydrogen) atoms. The van der Waals surface area contributed by atoms with E-state index < -0.39 is 5.41 Å². The number of nitrogens with zero attached hydrogens (tertiary/aromatic N) is 2. The number of hydrogen-bond donors (Lipinski definition) is 2. The van der Waals surface area contributed by atoms with Crippen molar-refractivity contribution in [1.82, 2.24) is 9.13 Å². The Kier molecular flexibility index (Phi) is 8.08. The molecule has 0 spiro atoms. The lowest BCUT2D eigenvalue weighted by Gasteiger charge is -2.34. The highest BCUT2D eigenvalue weighted by molar-refractivity contribution is 6.11. The number of nitrogens with two attached hydrogens (primary N) is 2. The summed E-state index contributed by atoms with van der Waals surface area (Å²) < 4.78 is 4.54. The zero-order valence-electron chi connectivity index (χ0n) is 32.0. The third-order valence-electron chi connectivity index (χ3n) is 11.8. The fourth-order valence-electron chi connectivity index (χ4n) is 9.34. The van der Waals surface area contributed by atoms with Crippen LogP contribution in [0.3, 0.4) is 0 Å². The number of benzene rings is 7. The number of para-hydroxylation sites is 2. The second-order valence-electron chi connectivity index (χ2n) is 14.8. The number of hydrogen-bond acceptors (Lipinski definition) is 2. The van der Waals surface area contributed by atoms with Crippen molar-refractivity contribution in [2.24, 2.45) is 5.73 Å². The molecule has 0 bridgehead atoms. The summed E-state index contributed by atoms with van der Waals surface area (Å²) in [6, 6.07) is 60.9. The third-order valence-corrected chi connectivity index (χ3v) is 11.8. The van der Waals surface area contributed by atoms with E-state index in [1.54, 1.807) is 0 Å². The van der Waals surface area contributed by atoms with Gasteiger partial charge in [0.15, 0.2) is 0 Å². The summed E-state index contributed by atoms with van der Waals surface area (Å²) in [4.78, 5) is 0. The van der Waals surface area contributed by atoms with Crippen molar-refractivity contribution in [2.75, 3.05) is 5.73 Å². The average molecular weight is 735 g/mol. The minimum atomic E-state index is -0.643. The standard InChI is InChI=1S/C53H42N4/c1-3-15-43-45-34-50-46(33-47(45)53(51(43)54,37-17-7-5-8-18-37)38-19-9-6-10-20-38)42-22-12-13-23-48(42)56(50)39-29-25-35(26-30-39)36-27-31-40(32-28-36)57-49-24-14-11-21-41(49)44(16-4-2)52(57)55/h3-34H,54-55H2,1-2H3/b15-3-,16-4-. The summed E-state index contributed by atoms with van der Waals surface area (Å²) in [6.45, 7) is 4.09. The fourth-order valence-corrected chi connectivity index (χ4v) is 9.34. The Morgan fingerprint density at radius 1 is 0.474 bits per heavy atom. The lowest BCUT2D eigenvalue weighted by atomic mass is 9.69. The first-order chi connectivity index (χ1) is 28.0. The molecule has 7 aromatic carbocycles. The van der Waals surface area contributed by atoms with Crippen LogP contribution >= 0.6 is 0 Å². The highest BCUT2D eigenvalue weighted by atomic mass is 15.1. The van der Waals surface area contributed by atoms with Crippen LogP contribution in [-0.4, -0.2) is 9.13 Å². The minimum absolute atomic E-state index is 0.643. The van der Waals surface area contributed by atoms with Gasteiger partial charge in [-0.05, 0) is 95.8 Å². The molecule has 0 saturated carbocycles. The Morgan fingerprint density at radius 2 is 0.982 bits per heavy atom. The molecule has 0 fully saturated rings. The topological polar surface area (TPSA) is 61.9 Å². The molecular weight excluding hydrogens is 693 g/mol. The van der Waals surface area contributed by atoms with Crippen molar-refractivity contribution in [3.05, 3.63) is 222 Å². The van der Waals surface area contributed by atoms with E-state index in [1.165, 1.54) is 16.3 Å². The summed E-state index contributed by atoms with van der Waals surface area (Å²) >= 11 is 0. The molecule has 2 aromatic heterocycles. The van der Waals surface area contributed by atoms with Gasteiger partial charge in [0.25, 0.3) is 0 Å². The van der Waals surface area contributed by atoms with E-state index in [-0.39, 0.29) is 0 Å². The SMILES string of the molecule is C/C=C\C1=C(N)C(c2ccccc2)(c2ccccc2)c2cc3c4ccccc4n(-c4ccc(-c5ccc(-n6c(N)c(/C=C\C)c7ccccc76)cc5)cc4)c3cc21. The maximum atomic E-state index is 7.42. The molecule has 0 radical (unpaired) electrons. The molecule has 0 unspecified atom stereocenters. The van der Waals surface area contributed by atoms with Crippen molar-refractivity contribution in [1.29, 1.82) is 0 Å². The van der Waals surface area contributed by atoms with Gasteiger partial charge in [-0.2, -0.15) is 0 Å². The van der Waals surface area contributed by atoms with Crippen molar-refractivity contribution < 1.29 is 0 Å². The van der Waals surface area contributed by atoms with Crippen LogP contribution < -0.4 is 11.5 Å². The molecule has 9 aromatic rings. The second kappa shape index (κ2) is 13.5. The van der Waals surface area contributed by atoms with Gasteiger partial charge in [0.05, 0.1) is 22.0 Å². The summed E-state index contributed by atoms with van der Waals surface area (Å²) in [7, 11) is 0.